The maximum Gasteiger partial charge on any atom is 0.231 e. The molecule has 1 aromatic rings. The van der Waals surface area contributed by atoms with Crippen LogP contribution in [-0.4, -0.2) is 37.2 Å². The van der Waals surface area contributed by atoms with Gasteiger partial charge in [-0.25, -0.2) is 0 Å². The number of amides is 1. The Balaban J connectivity index is 1.81. The van der Waals surface area contributed by atoms with Gasteiger partial charge in [0.1, 0.15) is 0 Å². The largest absolute Gasteiger partial charge is 0.454 e. The van der Waals surface area contributed by atoms with E-state index in [0.717, 1.165) is 24.6 Å². The lowest BCUT2D eigenvalue weighted by molar-refractivity contribution is -0.119. The monoisotopic (exact) mass is 304 g/mol. The second kappa shape index (κ2) is 7.01. The lowest BCUT2D eigenvalue weighted by atomic mass is 10.0. The second-order valence-electron chi connectivity index (χ2n) is 6.02. The van der Waals surface area contributed by atoms with Crippen molar-refractivity contribution in [3.05, 3.63) is 23.8 Å². The van der Waals surface area contributed by atoms with E-state index in [-0.39, 0.29) is 11.9 Å². The van der Waals surface area contributed by atoms with Gasteiger partial charge in [0.25, 0.3) is 0 Å². The van der Waals surface area contributed by atoms with Crippen molar-refractivity contribution in [3.63, 3.8) is 0 Å². The fourth-order valence-corrected chi connectivity index (χ4v) is 3.23. The van der Waals surface area contributed by atoms with Gasteiger partial charge in [-0.1, -0.05) is 18.9 Å². The SMILES string of the molecule is CC(=O)NCC(c1ccc2c(c1)OCO2)N1CCCCCC1. The zero-order valence-corrected chi connectivity index (χ0v) is 13.1. The van der Waals surface area contributed by atoms with E-state index in [0.29, 0.717) is 13.3 Å². The average Bonchev–Trinajstić information content (AvgIpc) is 2.81. The Morgan fingerprint density at radius 1 is 1.18 bits per heavy atom. The number of likely N-dealkylation sites (tertiary alicyclic amines) is 1. The van der Waals surface area contributed by atoms with Crippen molar-refractivity contribution in [1.82, 2.24) is 10.2 Å². The zero-order valence-electron chi connectivity index (χ0n) is 13.1. The summed E-state index contributed by atoms with van der Waals surface area (Å²) in [5.74, 6) is 1.62. The Bertz CT molecular complexity index is 525. The van der Waals surface area contributed by atoms with Crippen molar-refractivity contribution in [3.8, 4) is 11.5 Å². The summed E-state index contributed by atoms with van der Waals surface area (Å²) in [6.45, 7) is 4.66. The number of nitrogens with zero attached hydrogens (tertiary/aromatic N) is 1. The molecule has 2 heterocycles. The molecule has 2 aliphatic heterocycles. The summed E-state index contributed by atoms with van der Waals surface area (Å²) in [6, 6.07) is 6.30. The molecule has 0 aromatic heterocycles. The molecule has 1 N–H and O–H groups in total. The number of benzene rings is 1. The van der Waals surface area contributed by atoms with Gasteiger partial charge in [-0.15, -0.1) is 0 Å². The summed E-state index contributed by atoms with van der Waals surface area (Å²) in [5, 5.41) is 2.98. The number of fused-ring (bicyclic) bond motifs is 1. The van der Waals surface area contributed by atoms with Crippen LogP contribution in [0.15, 0.2) is 18.2 Å². The molecule has 0 radical (unpaired) electrons. The van der Waals surface area contributed by atoms with Crippen molar-refractivity contribution in [2.24, 2.45) is 0 Å². The molecule has 1 aromatic carbocycles. The molecule has 1 unspecified atom stereocenters. The van der Waals surface area contributed by atoms with Crippen LogP contribution in [0.25, 0.3) is 0 Å². The lowest BCUT2D eigenvalue weighted by Gasteiger charge is -2.31. The highest BCUT2D eigenvalue weighted by molar-refractivity contribution is 5.72. The maximum atomic E-state index is 11.3. The fraction of sp³-hybridized carbons (Fsp3) is 0.588. The van der Waals surface area contributed by atoms with Crippen molar-refractivity contribution in [2.75, 3.05) is 26.4 Å². The number of hydrogen-bond acceptors (Lipinski definition) is 4. The van der Waals surface area contributed by atoms with Gasteiger partial charge in [0.05, 0.1) is 6.04 Å². The Morgan fingerprint density at radius 2 is 1.91 bits per heavy atom. The van der Waals surface area contributed by atoms with E-state index in [1.165, 1.54) is 31.2 Å². The predicted octanol–water partition coefficient (Wildman–Crippen LogP) is 2.47. The zero-order chi connectivity index (χ0) is 15.4. The third kappa shape index (κ3) is 3.53. The van der Waals surface area contributed by atoms with Gasteiger partial charge in [-0.05, 0) is 43.6 Å². The first kappa shape index (κ1) is 15.2. The maximum absolute atomic E-state index is 11.3. The van der Waals surface area contributed by atoms with Crippen LogP contribution in [0.5, 0.6) is 11.5 Å². The third-order valence-corrected chi connectivity index (χ3v) is 4.41. The normalized spacial score (nSPS) is 19.5. The Kier molecular flexibility index (Phi) is 4.83. The molecule has 0 saturated carbocycles. The molecule has 5 nitrogen and oxygen atoms in total. The topological polar surface area (TPSA) is 50.8 Å². The number of rotatable bonds is 4. The molecule has 22 heavy (non-hydrogen) atoms. The van der Waals surface area contributed by atoms with Crippen molar-refractivity contribution < 1.29 is 14.3 Å². The molecular weight excluding hydrogens is 280 g/mol. The highest BCUT2D eigenvalue weighted by Gasteiger charge is 2.24. The molecule has 0 bridgehead atoms. The summed E-state index contributed by atoms with van der Waals surface area (Å²) >= 11 is 0. The lowest BCUT2D eigenvalue weighted by Crippen LogP contribution is -2.38. The van der Waals surface area contributed by atoms with Gasteiger partial charge in [-0.2, -0.15) is 0 Å². The van der Waals surface area contributed by atoms with E-state index in [1.807, 2.05) is 6.07 Å². The van der Waals surface area contributed by atoms with Crippen LogP contribution in [0.3, 0.4) is 0 Å². The van der Waals surface area contributed by atoms with Gasteiger partial charge in [0.15, 0.2) is 11.5 Å². The summed E-state index contributed by atoms with van der Waals surface area (Å²) in [6.07, 6.45) is 5.04. The first-order chi connectivity index (χ1) is 10.7. The van der Waals surface area contributed by atoms with Crippen LogP contribution in [0.1, 0.15) is 44.2 Å². The number of hydrogen-bond donors (Lipinski definition) is 1. The van der Waals surface area contributed by atoms with E-state index in [4.69, 9.17) is 9.47 Å². The molecule has 2 aliphatic rings. The summed E-state index contributed by atoms with van der Waals surface area (Å²) in [4.78, 5) is 13.8. The smallest absolute Gasteiger partial charge is 0.231 e. The van der Waals surface area contributed by atoms with Crippen LogP contribution in [-0.2, 0) is 4.79 Å². The van der Waals surface area contributed by atoms with Gasteiger partial charge >= 0.3 is 0 Å². The fourth-order valence-electron chi connectivity index (χ4n) is 3.23. The minimum atomic E-state index is 0.0144. The van der Waals surface area contributed by atoms with Crippen molar-refractivity contribution in [2.45, 2.75) is 38.6 Å². The van der Waals surface area contributed by atoms with Gasteiger partial charge in [0.2, 0.25) is 12.7 Å². The van der Waals surface area contributed by atoms with Gasteiger partial charge in [-0.3, -0.25) is 9.69 Å². The van der Waals surface area contributed by atoms with Crippen LogP contribution >= 0.6 is 0 Å². The van der Waals surface area contributed by atoms with Crippen LogP contribution in [0.2, 0.25) is 0 Å². The Morgan fingerprint density at radius 3 is 2.64 bits per heavy atom. The highest BCUT2D eigenvalue weighted by atomic mass is 16.7. The highest BCUT2D eigenvalue weighted by Crippen LogP contribution is 2.35. The number of carbonyl (C=O) groups excluding carboxylic acids is 1. The summed E-state index contributed by atoms with van der Waals surface area (Å²) in [7, 11) is 0. The molecule has 3 rings (SSSR count). The standard InChI is InChI=1S/C17H24N2O3/c1-13(20)18-11-15(19-8-4-2-3-5-9-19)14-6-7-16-17(10-14)22-12-21-16/h6-7,10,15H,2-5,8-9,11-12H2,1H3,(H,18,20). The molecule has 0 aliphatic carbocycles. The minimum absolute atomic E-state index is 0.0144. The van der Waals surface area contributed by atoms with Crippen LogP contribution < -0.4 is 14.8 Å². The molecule has 5 heteroatoms. The van der Waals surface area contributed by atoms with Crippen LogP contribution in [0, 0.1) is 0 Å². The predicted molar refractivity (Wildman–Crippen MR) is 84.0 cm³/mol. The van der Waals surface area contributed by atoms with Gasteiger partial charge < -0.3 is 14.8 Å². The van der Waals surface area contributed by atoms with E-state index in [9.17, 15) is 4.79 Å². The first-order valence-corrected chi connectivity index (χ1v) is 8.12. The molecular formula is C17H24N2O3. The van der Waals surface area contributed by atoms with E-state index in [1.54, 1.807) is 6.92 Å². The summed E-state index contributed by atoms with van der Waals surface area (Å²) < 4.78 is 10.9. The van der Waals surface area contributed by atoms with Crippen molar-refractivity contribution >= 4 is 5.91 Å². The first-order valence-electron chi connectivity index (χ1n) is 8.12. The number of carbonyl (C=O) groups is 1. The molecule has 1 saturated heterocycles. The quantitative estimate of drug-likeness (QED) is 0.928. The number of ether oxygens (including phenoxy) is 2. The average molecular weight is 304 g/mol. The molecule has 120 valence electrons. The third-order valence-electron chi connectivity index (χ3n) is 4.41. The molecule has 1 amide bonds. The minimum Gasteiger partial charge on any atom is -0.454 e. The molecule has 1 atom stereocenters. The summed E-state index contributed by atoms with van der Waals surface area (Å²) in [5.41, 5.74) is 1.18. The number of nitrogens with one attached hydrogen (secondary N) is 1. The van der Waals surface area contributed by atoms with Gasteiger partial charge in [0, 0.05) is 13.5 Å². The van der Waals surface area contributed by atoms with E-state index < -0.39 is 0 Å². The van der Waals surface area contributed by atoms with Crippen molar-refractivity contribution in [1.29, 1.82) is 0 Å². The molecule has 1 fully saturated rings. The van der Waals surface area contributed by atoms with E-state index >= 15 is 0 Å². The van der Waals surface area contributed by atoms with Crippen LogP contribution in [0.4, 0.5) is 0 Å². The molecule has 0 spiro atoms. The van der Waals surface area contributed by atoms with E-state index in [2.05, 4.69) is 22.3 Å². The Labute approximate surface area is 131 Å². The Hall–Kier alpha value is -1.75. The second-order valence-corrected chi connectivity index (χ2v) is 6.02.